The average Bonchev–Trinajstić information content (AvgIpc) is 3.11. The second-order valence-electron chi connectivity index (χ2n) is 13.3. The molecular weight excluding hydrogens is 456 g/mol. The fourth-order valence-electron chi connectivity index (χ4n) is 9.05. The number of carbonyl (C=O) groups excluding carboxylic acids is 1. The van der Waals surface area contributed by atoms with E-state index >= 15 is 0 Å². The molecule has 0 aromatic carbocycles. The Bertz CT molecular complexity index is 1050. The highest BCUT2D eigenvalue weighted by Crippen LogP contribution is 2.71. The Labute approximate surface area is 214 Å². The highest BCUT2D eigenvalue weighted by atomic mass is 16.4. The maximum absolute atomic E-state index is 12.6. The number of carbonyl (C=O) groups is 1. The normalized spacial score (nSPS) is 44.9. The summed E-state index contributed by atoms with van der Waals surface area (Å²) in [4.78, 5) is 24.1. The number of amides is 1. The molecule has 7 nitrogen and oxygen atoms in total. The monoisotopic (exact) mass is 500 g/mol. The summed E-state index contributed by atoms with van der Waals surface area (Å²) in [7, 11) is 0. The van der Waals surface area contributed by atoms with Gasteiger partial charge in [0.25, 0.3) is 0 Å². The van der Waals surface area contributed by atoms with Crippen molar-refractivity contribution in [1.29, 1.82) is 0 Å². The predicted octanol–water partition coefficient (Wildman–Crippen LogP) is 3.46. The fourth-order valence-corrected chi connectivity index (χ4v) is 9.05. The molecule has 1 aromatic heterocycles. The van der Waals surface area contributed by atoms with E-state index in [0.29, 0.717) is 12.8 Å². The van der Waals surface area contributed by atoms with Crippen molar-refractivity contribution in [2.45, 2.75) is 115 Å². The van der Waals surface area contributed by atoms with E-state index in [1.165, 1.54) is 6.07 Å². The van der Waals surface area contributed by atoms with E-state index in [1.807, 2.05) is 19.9 Å². The van der Waals surface area contributed by atoms with Crippen molar-refractivity contribution in [2.75, 3.05) is 0 Å². The van der Waals surface area contributed by atoms with Gasteiger partial charge in [0.15, 0.2) is 0 Å². The molecule has 2 unspecified atom stereocenters. The van der Waals surface area contributed by atoms with Crippen molar-refractivity contribution in [3.8, 4) is 0 Å². The van der Waals surface area contributed by atoms with Crippen LogP contribution in [0.15, 0.2) is 27.6 Å². The minimum atomic E-state index is -0.864. The first-order valence-electron chi connectivity index (χ1n) is 13.9. The molecule has 4 aliphatic carbocycles. The maximum atomic E-state index is 12.6. The molecule has 0 bridgehead atoms. The summed E-state index contributed by atoms with van der Waals surface area (Å²) >= 11 is 0. The molecule has 36 heavy (non-hydrogen) atoms. The highest BCUT2D eigenvalue weighted by molar-refractivity contribution is 5.82. The molecule has 0 spiro atoms. The molecule has 4 fully saturated rings. The largest absolute Gasteiger partial charge is 0.431 e. The van der Waals surface area contributed by atoms with Gasteiger partial charge in [-0.15, -0.1) is 0 Å². The molecule has 7 heteroatoms. The van der Waals surface area contributed by atoms with Gasteiger partial charge in [0.1, 0.15) is 0 Å². The number of nitrogens with two attached hydrogens (primary N) is 1. The molecular formula is C29H44N2O5. The van der Waals surface area contributed by atoms with Gasteiger partial charge in [0.2, 0.25) is 5.91 Å². The van der Waals surface area contributed by atoms with Gasteiger partial charge in [-0.25, -0.2) is 4.79 Å². The van der Waals surface area contributed by atoms with Crippen LogP contribution >= 0.6 is 0 Å². The van der Waals surface area contributed by atoms with Gasteiger partial charge >= 0.3 is 5.63 Å². The second-order valence-corrected chi connectivity index (χ2v) is 13.3. The molecule has 5 N–H and O–H groups in total. The highest BCUT2D eigenvalue weighted by Gasteiger charge is 2.69. The number of hydrogen-bond donors (Lipinski definition) is 4. The number of fused-ring (bicyclic) bond motifs is 5. The van der Waals surface area contributed by atoms with Gasteiger partial charge in [-0.2, -0.15) is 0 Å². The lowest BCUT2D eigenvalue weighted by Gasteiger charge is -2.66. The smallest absolute Gasteiger partial charge is 0.335 e. The molecule has 9 atom stereocenters. The van der Waals surface area contributed by atoms with Crippen molar-refractivity contribution in [1.82, 2.24) is 5.32 Å². The van der Waals surface area contributed by atoms with Gasteiger partial charge in [-0.1, -0.05) is 27.7 Å². The Morgan fingerprint density at radius 1 is 1.03 bits per heavy atom. The number of nitrogens with one attached hydrogen (secondary N) is 1. The first-order valence-corrected chi connectivity index (χ1v) is 13.9. The zero-order valence-electron chi connectivity index (χ0n) is 22.3. The second kappa shape index (κ2) is 8.67. The van der Waals surface area contributed by atoms with E-state index in [9.17, 15) is 19.8 Å². The lowest BCUT2D eigenvalue weighted by atomic mass is 9.42. The molecule has 5 rings (SSSR count). The van der Waals surface area contributed by atoms with Crippen LogP contribution in [0.1, 0.15) is 97.0 Å². The molecule has 200 valence electrons. The summed E-state index contributed by atoms with van der Waals surface area (Å²) in [6.45, 7) is 8.34. The molecule has 0 aliphatic heterocycles. The quantitative estimate of drug-likeness (QED) is 0.502. The standard InChI is InChI=1S/C29H44N2O5/c1-17(2)24(30)25(33)31-19-7-11-26(3)21-8-12-27(4)20(18-5-6-23(32)36-16-18)10-14-29(27,35)22(21)9-13-28(26,34)15-19/h5-6,16-17,19-22,24,34-35H,7-15,30H2,1-4H3,(H,31,33)/t19?,20-,21+,22-,24?,26-,27-,28+,29+/m1/s1. The Morgan fingerprint density at radius 2 is 1.72 bits per heavy atom. The van der Waals surface area contributed by atoms with Crippen LogP contribution in [0.2, 0.25) is 0 Å². The minimum Gasteiger partial charge on any atom is -0.431 e. The van der Waals surface area contributed by atoms with Crippen LogP contribution in [0.3, 0.4) is 0 Å². The topological polar surface area (TPSA) is 126 Å². The Kier molecular flexibility index (Phi) is 6.24. The Balaban J connectivity index is 1.37. The molecule has 1 aromatic rings. The molecule has 1 amide bonds. The van der Waals surface area contributed by atoms with Crippen LogP contribution < -0.4 is 16.7 Å². The SMILES string of the molecule is CC(C)C(N)C(=O)NC1CC[C@]2(C)[C@H]3CC[C@]4(C)[C@@H](c5ccc(=O)oc5)CC[C@]4(O)[C@@H]3CC[C@]2(O)C1. The van der Waals surface area contributed by atoms with Crippen LogP contribution in [0.5, 0.6) is 0 Å². The lowest BCUT2D eigenvalue weighted by molar-refractivity contribution is -0.247. The van der Waals surface area contributed by atoms with Gasteiger partial charge in [-0.3, -0.25) is 4.79 Å². The molecule has 4 aliphatic rings. The van der Waals surface area contributed by atoms with Crippen LogP contribution in [0.4, 0.5) is 0 Å². The van der Waals surface area contributed by atoms with E-state index in [2.05, 4.69) is 19.2 Å². The van der Waals surface area contributed by atoms with E-state index in [1.54, 1.807) is 6.26 Å². The molecule has 0 radical (unpaired) electrons. The van der Waals surface area contributed by atoms with E-state index in [0.717, 1.165) is 50.5 Å². The van der Waals surface area contributed by atoms with Crippen LogP contribution in [-0.2, 0) is 4.79 Å². The van der Waals surface area contributed by atoms with E-state index in [4.69, 9.17) is 10.2 Å². The zero-order chi connectivity index (χ0) is 26.1. The third-order valence-corrected chi connectivity index (χ3v) is 11.5. The summed E-state index contributed by atoms with van der Waals surface area (Å²) < 4.78 is 5.19. The molecule has 4 saturated carbocycles. The summed E-state index contributed by atoms with van der Waals surface area (Å²) in [6.07, 6.45) is 8.63. The van der Waals surface area contributed by atoms with Crippen molar-refractivity contribution in [3.63, 3.8) is 0 Å². The van der Waals surface area contributed by atoms with Crippen molar-refractivity contribution in [3.05, 3.63) is 34.4 Å². The van der Waals surface area contributed by atoms with Crippen molar-refractivity contribution >= 4 is 5.91 Å². The Hall–Kier alpha value is -1.70. The molecule has 1 heterocycles. The van der Waals surface area contributed by atoms with Gasteiger partial charge in [-0.05, 0) is 98.5 Å². The first kappa shape index (κ1) is 25.9. The maximum Gasteiger partial charge on any atom is 0.335 e. The summed E-state index contributed by atoms with van der Waals surface area (Å²) in [5, 5.41) is 27.6. The summed E-state index contributed by atoms with van der Waals surface area (Å²) in [6, 6.07) is 2.73. The van der Waals surface area contributed by atoms with Crippen molar-refractivity contribution < 1.29 is 19.4 Å². The third kappa shape index (κ3) is 3.64. The Morgan fingerprint density at radius 3 is 2.39 bits per heavy atom. The number of hydrogen-bond acceptors (Lipinski definition) is 6. The van der Waals surface area contributed by atoms with E-state index < -0.39 is 17.2 Å². The lowest BCUT2D eigenvalue weighted by Crippen LogP contribution is -2.68. The first-order chi connectivity index (χ1) is 16.8. The number of rotatable bonds is 4. The van der Waals surface area contributed by atoms with Crippen LogP contribution in [-0.4, -0.2) is 39.4 Å². The summed E-state index contributed by atoms with van der Waals surface area (Å²) in [5.41, 5.74) is 4.45. The molecule has 0 saturated heterocycles. The van der Waals surface area contributed by atoms with Gasteiger partial charge < -0.3 is 25.7 Å². The van der Waals surface area contributed by atoms with Crippen LogP contribution in [0.25, 0.3) is 0 Å². The average molecular weight is 501 g/mol. The van der Waals surface area contributed by atoms with E-state index in [-0.39, 0.29) is 52.1 Å². The predicted molar refractivity (Wildman–Crippen MR) is 137 cm³/mol. The van der Waals surface area contributed by atoms with Gasteiger partial charge in [0.05, 0.1) is 23.5 Å². The minimum absolute atomic E-state index is 0.0665. The number of aliphatic hydroxyl groups is 2. The zero-order valence-corrected chi connectivity index (χ0v) is 22.3. The summed E-state index contributed by atoms with van der Waals surface area (Å²) in [5.74, 6) is 0.445. The van der Waals surface area contributed by atoms with Crippen molar-refractivity contribution in [2.24, 2.45) is 34.3 Å². The fraction of sp³-hybridized carbons (Fsp3) is 0.793. The third-order valence-electron chi connectivity index (χ3n) is 11.5. The van der Waals surface area contributed by atoms with Gasteiger partial charge in [0, 0.05) is 17.5 Å². The van der Waals surface area contributed by atoms with Crippen LogP contribution in [0, 0.1) is 28.6 Å².